The van der Waals surface area contributed by atoms with E-state index in [0.717, 1.165) is 6.07 Å². The molecule has 1 aromatic carbocycles. The molecule has 3 amide bonds. The number of nitrogens with one attached hydrogen (secondary N) is 1. The van der Waals surface area contributed by atoms with Crippen molar-refractivity contribution in [2.24, 2.45) is 11.7 Å². The largest absolute Gasteiger partial charge is 0.370 e. The third-order valence-corrected chi connectivity index (χ3v) is 4.71. The summed E-state index contributed by atoms with van der Waals surface area (Å²) in [6.07, 6.45) is -2.90. The van der Waals surface area contributed by atoms with E-state index in [0.29, 0.717) is 19.7 Å². The number of hydrogen-bond acceptors (Lipinski definition) is 5. The minimum Gasteiger partial charge on any atom is -0.370 e. The fraction of sp³-hybridized carbons (Fsp3) is 0.550. The molecule has 1 aromatic rings. The summed E-state index contributed by atoms with van der Waals surface area (Å²) in [6.45, 7) is 6.90. The zero-order chi connectivity index (χ0) is 22.4. The van der Waals surface area contributed by atoms with Gasteiger partial charge in [-0.1, -0.05) is 20.8 Å². The van der Waals surface area contributed by atoms with Crippen LogP contribution < -0.4 is 16.0 Å². The number of primary amides is 1. The molecule has 2 rings (SSSR count). The molecule has 8 nitrogen and oxygen atoms in total. The molecule has 0 spiro atoms. The van der Waals surface area contributed by atoms with Crippen LogP contribution in [0.4, 0.5) is 20.2 Å². The summed E-state index contributed by atoms with van der Waals surface area (Å²) in [4.78, 5) is 39.7. The third-order valence-electron chi connectivity index (χ3n) is 4.71. The number of rotatable bonds is 9. The molecule has 0 saturated carbocycles. The van der Waals surface area contributed by atoms with Crippen molar-refractivity contribution in [2.75, 3.05) is 43.1 Å². The van der Waals surface area contributed by atoms with Gasteiger partial charge in [-0.2, -0.15) is 0 Å². The van der Waals surface area contributed by atoms with E-state index in [1.54, 1.807) is 11.8 Å². The number of nitrogens with two attached hydrogens (primary N) is 1. The first-order valence-electron chi connectivity index (χ1n) is 9.80. The maximum absolute atomic E-state index is 13.7. The van der Waals surface area contributed by atoms with Gasteiger partial charge in [0.2, 0.25) is 5.91 Å². The molecule has 1 atom stereocenters. The van der Waals surface area contributed by atoms with Crippen LogP contribution in [0.3, 0.4) is 0 Å². The standard InChI is InChI=1S/C20H28F2N4O4/c1-4-25(10-12(2)3)17(19(23)28)20(29)24-15-6-5-13(9-14(15)18(21)22)26-7-8-30-11-16(26)27/h5-6,9,12,17-18H,4,7-8,10-11H2,1-3H3,(H2,23,28)(H,24,29)/t17-/m1/s1. The smallest absolute Gasteiger partial charge is 0.265 e. The van der Waals surface area contributed by atoms with E-state index >= 15 is 0 Å². The Morgan fingerprint density at radius 2 is 2.03 bits per heavy atom. The van der Waals surface area contributed by atoms with Crippen LogP contribution in [0.2, 0.25) is 0 Å². The highest BCUT2D eigenvalue weighted by molar-refractivity contribution is 6.10. The lowest BCUT2D eigenvalue weighted by Crippen LogP contribution is -2.53. The van der Waals surface area contributed by atoms with Crippen LogP contribution in [0.15, 0.2) is 18.2 Å². The number of halogens is 2. The van der Waals surface area contributed by atoms with Crippen LogP contribution in [0.5, 0.6) is 0 Å². The van der Waals surface area contributed by atoms with Gasteiger partial charge in [-0.15, -0.1) is 0 Å². The molecule has 166 valence electrons. The van der Waals surface area contributed by atoms with E-state index < -0.39 is 29.8 Å². The molecular formula is C20H28F2N4O4. The van der Waals surface area contributed by atoms with E-state index in [9.17, 15) is 23.2 Å². The summed E-state index contributed by atoms with van der Waals surface area (Å²) < 4.78 is 32.4. The monoisotopic (exact) mass is 426 g/mol. The fourth-order valence-corrected chi connectivity index (χ4v) is 3.37. The normalized spacial score (nSPS) is 15.7. The number of morpholine rings is 1. The van der Waals surface area contributed by atoms with Crippen molar-refractivity contribution in [1.29, 1.82) is 0 Å². The minimum absolute atomic E-state index is 0.120. The van der Waals surface area contributed by atoms with Gasteiger partial charge in [0.15, 0.2) is 6.04 Å². The topological polar surface area (TPSA) is 105 Å². The molecule has 1 fully saturated rings. The SMILES string of the molecule is CCN(CC(C)C)[C@H](C(N)=O)C(=O)Nc1ccc(N2CCOCC2=O)cc1C(F)F. The number of likely N-dealkylation sites (N-methyl/N-ethyl adjacent to an activating group) is 1. The summed E-state index contributed by atoms with van der Waals surface area (Å²) >= 11 is 0. The Hall–Kier alpha value is -2.59. The third kappa shape index (κ3) is 5.73. The van der Waals surface area contributed by atoms with Gasteiger partial charge >= 0.3 is 0 Å². The molecular weight excluding hydrogens is 398 g/mol. The highest BCUT2D eigenvalue weighted by atomic mass is 19.3. The van der Waals surface area contributed by atoms with Gasteiger partial charge < -0.3 is 20.7 Å². The van der Waals surface area contributed by atoms with Gasteiger partial charge in [0, 0.05) is 30.0 Å². The molecule has 0 aliphatic carbocycles. The number of nitrogens with zero attached hydrogens (tertiary/aromatic N) is 2. The van der Waals surface area contributed by atoms with Crippen LogP contribution in [-0.2, 0) is 19.1 Å². The molecule has 0 aromatic heterocycles. The van der Waals surface area contributed by atoms with E-state index in [4.69, 9.17) is 10.5 Å². The first-order chi connectivity index (χ1) is 14.1. The van der Waals surface area contributed by atoms with Crippen molar-refractivity contribution >= 4 is 29.1 Å². The summed E-state index contributed by atoms with van der Waals surface area (Å²) in [5.41, 5.74) is 5.14. The minimum atomic E-state index is -2.90. The molecule has 1 aliphatic heterocycles. The summed E-state index contributed by atoms with van der Waals surface area (Å²) in [7, 11) is 0. The number of ether oxygens (including phenoxy) is 1. The van der Waals surface area contributed by atoms with E-state index in [1.807, 2.05) is 13.8 Å². The number of carbonyl (C=O) groups is 3. The van der Waals surface area contributed by atoms with Crippen molar-refractivity contribution < 1.29 is 27.9 Å². The van der Waals surface area contributed by atoms with Crippen molar-refractivity contribution in [2.45, 2.75) is 33.2 Å². The quantitative estimate of drug-likeness (QED) is 0.586. The Labute approximate surface area is 174 Å². The second kappa shape index (κ2) is 10.4. The van der Waals surface area contributed by atoms with Gasteiger partial charge in [0.25, 0.3) is 18.2 Å². The predicted octanol–water partition coefficient (Wildman–Crippen LogP) is 1.76. The first-order valence-corrected chi connectivity index (χ1v) is 9.80. The lowest BCUT2D eigenvalue weighted by Gasteiger charge is -2.29. The average molecular weight is 426 g/mol. The molecule has 10 heteroatoms. The summed E-state index contributed by atoms with van der Waals surface area (Å²) in [5, 5.41) is 2.41. The van der Waals surface area contributed by atoms with Crippen molar-refractivity contribution in [1.82, 2.24) is 4.90 Å². The van der Waals surface area contributed by atoms with E-state index in [2.05, 4.69) is 5.32 Å². The number of hydrogen-bond donors (Lipinski definition) is 2. The molecule has 30 heavy (non-hydrogen) atoms. The Bertz CT molecular complexity index is 788. The van der Waals surface area contributed by atoms with Gasteiger partial charge in [0.05, 0.1) is 6.61 Å². The maximum atomic E-state index is 13.7. The Balaban J connectivity index is 2.30. The molecule has 0 unspecified atom stereocenters. The Morgan fingerprint density at radius 1 is 1.33 bits per heavy atom. The molecule has 1 saturated heterocycles. The fourth-order valence-electron chi connectivity index (χ4n) is 3.37. The number of amides is 3. The van der Waals surface area contributed by atoms with E-state index in [-0.39, 0.29) is 36.4 Å². The van der Waals surface area contributed by atoms with Crippen LogP contribution in [0, 0.1) is 5.92 Å². The lowest BCUT2D eigenvalue weighted by atomic mass is 10.1. The molecule has 1 heterocycles. The number of anilines is 2. The second-order valence-electron chi connectivity index (χ2n) is 7.45. The molecule has 0 radical (unpaired) electrons. The average Bonchev–Trinajstić information content (AvgIpc) is 2.67. The van der Waals surface area contributed by atoms with Crippen molar-refractivity contribution in [3.63, 3.8) is 0 Å². The zero-order valence-corrected chi connectivity index (χ0v) is 17.4. The van der Waals surface area contributed by atoms with E-state index in [1.165, 1.54) is 17.0 Å². The number of benzene rings is 1. The van der Waals surface area contributed by atoms with Crippen LogP contribution >= 0.6 is 0 Å². The predicted molar refractivity (Wildman–Crippen MR) is 108 cm³/mol. The van der Waals surface area contributed by atoms with Crippen LogP contribution in [0.1, 0.15) is 32.8 Å². The summed E-state index contributed by atoms with van der Waals surface area (Å²) in [6, 6.07) is 2.64. The van der Waals surface area contributed by atoms with Gasteiger partial charge in [-0.3, -0.25) is 19.3 Å². The summed E-state index contributed by atoms with van der Waals surface area (Å²) in [5.74, 6) is -1.80. The second-order valence-corrected chi connectivity index (χ2v) is 7.45. The van der Waals surface area contributed by atoms with Crippen molar-refractivity contribution in [3.8, 4) is 0 Å². The zero-order valence-electron chi connectivity index (χ0n) is 17.4. The molecule has 0 bridgehead atoms. The molecule has 3 N–H and O–H groups in total. The first kappa shape index (κ1) is 23.7. The number of carbonyl (C=O) groups excluding carboxylic acids is 3. The maximum Gasteiger partial charge on any atom is 0.265 e. The van der Waals surface area contributed by atoms with Crippen molar-refractivity contribution in [3.05, 3.63) is 23.8 Å². The van der Waals surface area contributed by atoms with Gasteiger partial charge in [-0.05, 0) is 30.7 Å². The lowest BCUT2D eigenvalue weighted by molar-refractivity contribution is -0.132. The highest BCUT2D eigenvalue weighted by Crippen LogP contribution is 2.32. The number of alkyl halides is 2. The van der Waals surface area contributed by atoms with Gasteiger partial charge in [-0.25, -0.2) is 8.78 Å². The van der Waals surface area contributed by atoms with Crippen LogP contribution in [0.25, 0.3) is 0 Å². The Morgan fingerprint density at radius 3 is 2.57 bits per heavy atom. The molecule has 1 aliphatic rings. The highest BCUT2D eigenvalue weighted by Gasteiger charge is 2.32. The van der Waals surface area contributed by atoms with Gasteiger partial charge in [0.1, 0.15) is 6.61 Å². The Kier molecular flexibility index (Phi) is 8.24. The van der Waals surface area contributed by atoms with Crippen LogP contribution in [-0.4, -0.2) is 61.5 Å².